The van der Waals surface area contributed by atoms with Crippen LogP contribution in [0.2, 0.25) is 0 Å². The maximum atomic E-state index is 9.87. The highest BCUT2D eigenvalue weighted by atomic mass is 35.5. The minimum absolute atomic E-state index is 0.0586. The Morgan fingerprint density at radius 3 is 2.00 bits per heavy atom. The molecule has 0 spiro atoms. The minimum atomic E-state index is -0.472. The molecule has 40 valence electrons. The van der Waals surface area contributed by atoms with E-state index in [1.54, 1.807) is 0 Å². The predicted octanol–water partition coefficient (Wildman–Crippen LogP) is 1.89. The summed E-state index contributed by atoms with van der Waals surface area (Å²) in [5, 5.41) is -0.194. The summed E-state index contributed by atoms with van der Waals surface area (Å²) in [6.07, 6.45) is 0.0586. The van der Waals surface area contributed by atoms with Gasteiger partial charge in [0.25, 0.3) is 0 Å². The summed E-state index contributed by atoms with van der Waals surface area (Å²) in [7, 11) is 0. The second-order valence-corrected chi connectivity index (χ2v) is 2.01. The molecule has 0 bridgehead atoms. The fourth-order valence-corrected chi connectivity index (χ4v) is 0.502. The average molecular weight is 139 g/mol. The van der Waals surface area contributed by atoms with Gasteiger partial charge in [0.15, 0.2) is 0 Å². The van der Waals surface area contributed by atoms with E-state index >= 15 is 0 Å². The smallest absolute Gasteiger partial charge is 0.226 e. The van der Waals surface area contributed by atoms with Crippen molar-refractivity contribution in [3.05, 3.63) is 11.6 Å². The molecule has 0 saturated carbocycles. The highest BCUT2D eigenvalue weighted by molar-refractivity contribution is 6.64. The second kappa shape index (κ2) is 3.05. The maximum Gasteiger partial charge on any atom is 0.226 e. The molecule has 0 radical (unpaired) electrons. The summed E-state index contributed by atoms with van der Waals surface area (Å²) < 4.78 is 0. The summed E-state index contributed by atoms with van der Waals surface area (Å²) in [4.78, 5) is 9.87. The number of hydrogen-bond acceptors (Lipinski definition) is 1. The standard InChI is InChI=1S/C4H4Cl2O/c1-3(5)2-4(6)7/h1-2H2. The summed E-state index contributed by atoms with van der Waals surface area (Å²) in [5.41, 5.74) is 0. The Morgan fingerprint density at radius 1 is 1.57 bits per heavy atom. The molecule has 0 amide bonds. The van der Waals surface area contributed by atoms with Crippen molar-refractivity contribution >= 4 is 28.4 Å². The van der Waals surface area contributed by atoms with Crippen LogP contribution in [0.1, 0.15) is 6.42 Å². The molecule has 0 aliphatic rings. The highest BCUT2D eigenvalue weighted by Crippen LogP contribution is 2.04. The van der Waals surface area contributed by atoms with Gasteiger partial charge in [-0.25, -0.2) is 0 Å². The van der Waals surface area contributed by atoms with Crippen molar-refractivity contribution in [3.63, 3.8) is 0 Å². The van der Waals surface area contributed by atoms with Crippen LogP contribution in [0.3, 0.4) is 0 Å². The monoisotopic (exact) mass is 138 g/mol. The van der Waals surface area contributed by atoms with E-state index in [9.17, 15) is 4.79 Å². The molecule has 0 N–H and O–H groups in total. The highest BCUT2D eigenvalue weighted by Gasteiger charge is 1.94. The zero-order chi connectivity index (χ0) is 5.86. The number of carbonyl (C=O) groups excluding carboxylic acids is 1. The van der Waals surface area contributed by atoms with E-state index in [4.69, 9.17) is 23.2 Å². The van der Waals surface area contributed by atoms with Crippen LogP contribution in [0.15, 0.2) is 11.6 Å². The molecule has 3 heteroatoms. The Hall–Kier alpha value is -0.0100. The van der Waals surface area contributed by atoms with Gasteiger partial charge in [0.2, 0.25) is 5.24 Å². The van der Waals surface area contributed by atoms with Crippen LogP contribution in [0.5, 0.6) is 0 Å². The molecule has 0 fully saturated rings. The van der Waals surface area contributed by atoms with Crippen molar-refractivity contribution in [2.75, 3.05) is 0 Å². The first-order valence-electron chi connectivity index (χ1n) is 1.64. The second-order valence-electron chi connectivity index (χ2n) is 1.05. The van der Waals surface area contributed by atoms with E-state index in [0.717, 1.165) is 0 Å². The van der Waals surface area contributed by atoms with E-state index in [0.29, 0.717) is 0 Å². The number of rotatable bonds is 2. The molecular weight excluding hydrogens is 135 g/mol. The van der Waals surface area contributed by atoms with Crippen LogP contribution in [-0.4, -0.2) is 5.24 Å². The van der Waals surface area contributed by atoms with Gasteiger partial charge in [0.1, 0.15) is 0 Å². The van der Waals surface area contributed by atoms with Gasteiger partial charge >= 0.3 is 0 Å². The molecule has 0 aliphatic carbocycles. The van der Waals surface area contributed by atoms with Crippen molar-refractivity contribution < 1.29 is 4.79 Å². The van der Waals surface area contributed by atoms with E-state index in [1.165, 1.54) is 0 Å². The first-order chi connectivity index (χ1) is 3.13. The third-order valence-corrected chi connectivity index (χ3v) is 0.598. The van der Waals surface area contributed by atoms with Gasteiger partial charge in [0, 0.05) is 5.03 Å². The summed E-state index contributed by atoms with van der Waals surface area (Å²) in [5.74, 6) is 0. The lowest BCUT2D eigenvalue weighted by atomic mass is 10.5. The van der Waals surface area contributed by atoms with Gasteiger partial charge in [-0.05, 0) is 11.6 Å². The van der Waals surface area contributed by atoms with E-state index in [1.807, 2.05) is 0 Å². The van der Waals surface area contributed by atoms with Crippen LogP contribution < -0.4 is 0 Å². The number of carbonyl (C=O) groups is 1. The zero-order valence-corrected chi connectivity index (χ0v) is 5.09. The molecule has 0 rings (SSSR count). The SMILES string of the molecule is C=C(Cl)CC(=O)Cl. The lowest BCUT2D eigenvalue weighted by Crippen LogP contribution is -1.81. The van der Waals surface area contributed by atoms with Crippen LogP contribution in [0.4, 0.5) is 0 Å². The van der Waals surface area contributed by atoms with Crippen molar-refractivity contribution in [2.45, 2.75) is 6.42 Å². The molecule has 0 aromatic carbocycles. The summed E-state index contributed by atoms with van der Waals surface area (Å²) in [6, 6.07) is 0. The van der Waals surface area contributed by atoms with Crippen LogP contribution >= 0.6 is 23.2 Å². The van der Waals surface area contributed by atoms with Crippen molar-refractivity contribution in [1.82, 2.24) is 0 Å². The first kappa shape index (κ1) is 6.99. The molecule has 0 aromatic rings. The Kier molecular flexibility index (Phi) is 3.05. The normalized spacial score (nSPS) is 8.29. The molecule has 0 unspecified atom stereocenters. The minimum Gasteiger partial charge on any atom is -0.281 e. The maximum absolute atomic E-state index is 9.87. The summed E-state index contributed by atoms with van der Waals surface area (Å²) >= 11 is 10.1. The Balaban J connectivity index is 3.32. The fourth-order valence-electron chi connectivity index (χ4n) is 0.151. The fraction of sp³-hybridized carbons (Fsp3) is 0.250. The van der Waals surface area contributed by atoms with Crippen LogP contribution in [0.25, 0.3) is 0 Å². The van der Waals surface area contributed by atoms with E-state index in [-0.39, 0.29) is 11.5 Å². The Morgan fingerprint density at radius 2 is 2.00 bits per heavy atom. The Labute approximate surface area is 51.9 Å². The van der Waals surface area contributed by atoms with Crippen LogP contribution in [0, 0.1) is 0 Å². The van der Waals surface area contributed by atoms with Crippen molar-refractivity contribution in [1.29, 1.82) is 0 Å². The Bertz CT molecular complexity index is 85.9. The molecule has 0 saturated heterocycles. The molecule has 0 atom stereocenters. The molecule has 7 heavy (non-hydrogen) atoms. The molecule has 0 aliphatic heterocycles. The van der Waals surface area contributed by atoms with E-state index < -0.39 is 5.24 Å². The number of hydrogen-bond donors (Lipinski definition) is 0. The molecule has 0 aromatic heterocycles. The van der Waals surface area contributed by atoms with Crippen molar-refractivity contribution in [3.8, 4) is 0 Å². The zero-order valence-electron chi connectivity index (χ0n) is 3.58. The largest absolute Gasteiger partial charge is 0.281 e. The van der Waals surface area contributed by atoms with Gasteiger partial charge < -0.3 is 0 Å². The van der Waals surface area contributed by atoms with Gasteiger partial charge in [-0.3, -0.25) is 4.79 Å². The van der Waals surface area contributed by atoms with Gasteiger partial charge in [-0.15, -0.1) is 0 Å². The first-order valence-corrected chi connectivity index (χ1v) is 2.40. The topological polar surface area (TPSA) is 17.1 Å². The van der Waals surface area contributed by atoms with Gasteiger partial charge in [-0.1, -0.05) is 18.2 Å². The molecule has 0 heterocycles. The third kappa shape index (κ3) is 5.99. The predicted molar refractivity (Wildman–Crippen MR) is 30.5 cm³/mol. The number of halogens is 2. The third-order valence-electron chi connectivity index (χ3n) is 0.331. The average Bonchev–Trinajstić information content (AvgIpc) is 1.27. The lowest BCUT2D eigenvalue weighted by Gasteiger charge is -1.82. The van der Waals surface area contributed by atoms with Crippen molar-refractivity contribution in [2.24, 2.45) is 0 Å². The number of allylic oxidation sites excluding steroid dienone is 1. The lowest BCUT2D eigenvalue weighted by molar-refractivity contribution is -0.111. The quantitative estimate of drug-likeness (QED) is 0.534. The summed E-state index contributed by atoms with van der Waals surface area (Å²) in [6.45, 7) is 3.26. The van der Waals surface area contributed by atoms with Crippen LogP contribution in [-0.2, 0) is 4.79 Å². The molecular formula is C4H4Cl2O. The van der Waals surface area contributed by atoms with E-state index in [2.05, 4.69) is 6.58 Å². The molecule has 1 nitrogen and oxygen atoms in total. The van der Waals surface area contributed by atoms with Gasteiger partial charge in [0.05, 0.1) is 6.42 Å². The van der Waals surface area contributed by atoms with Gasteiger partial charge in [-0.2, -0.15) is 0 Å².